The number of aliphatic carboxylic acids is 1. The van der Waals surface area contributed by atoms with E-state index in [4.69, 9.17) is 18.9 Å². The number of carboxylic acids is 1. The van der Waals surface area contributed by atoms with Gasteiger partial charge < -0.3 is 29.4 Å². The number of benzene rings is 1. The first-order chi connectivity index (χ1) is 18.4. The first-order valence-electron chi connectivity index (χ1n) is 13.8. The zero-order valence-corrected chi connectivity index (χ0v) is 24.3. The lowest BCUT2D eigenvalue weighted by Gasteiger charge is -2.20. The van der Waals surface area contributed by atoms with Crippen LogP contribution in [0.3, 0.4) is 0 Å². The van der Waals surface area contributed by atoms with E-state index in [1.54, 1.807) is 19.9 Å². The minimum absolute atomic E-state index is 0.0381. The Labute approximate surface area is 231 Å². The predicted molar refractivity (Wildman–Crippen MR) is 146 cm³/mol. The Hall–Kier alpha value is -3.14. The van der Waals surface area contributed by atoms with E-state index in [0.717, 1.165) is 12.8 Å². The average molecular weight is 552 g/mol. The summed E-state index contributed by atoms with van der Waals surface area (Å²) in [5.74, 6) is -1.60. The van der Waals surface area contributed by atoms with Crippen LogP contribution in [-0.2, 0) is 30.3 Å². The van der Waals surface area contributed by atoms with E-state index in [0.29, 0.717) is 12.0 Å². The van der Waals surface area contributed by atoms with Gasteiger partial charge in [0.2, 0.25) is 0 Å². The molecule has 0 bridgehead atoms. The van der Waals surface area contributed by atoms with E-state index in [1.807, 2.05) is 34.6 Å². The van der Waals surface area contributed by atoms with Crippen molar-refractivity contribution in [1.82, 2.24) is 5.32 Å². The van der Waals surface area contributed by atoms with Crippen molar-refractivity contribution in [2.75, 3.05) is 6.54 Å². The van der Waals surface area contributed by atoms with E-state index in [-0.39, 0.29) is 55.2 Å². The molecule has 0 fully saturated rings. The first kappa shape index (κ1) is 33.9. The Bertz CT molecular complexity index is 949. The molecule has 0 saturated heterocycles. The molecule has 1 aromatic carbocycles. The second kappa shape index (κ2) is 17.4. The molecule has 0 aromatic heterocycles. The maximum atomic E-state index is 12.5. The largest absolute Gasteiger partial charge is 0.508 e. The Morgan fingerprint density at radius 2 is 1.33 bits per heavy atom. The number of esters is 2. The molecule has 220 valence electrons. The van der Waals surface area contributed by atoms with Crippen LogP contribution in [0.2, 0.25) is 0 Å². The Balaban J connectivity index is 3.00. The molecule has 0 heterocycles. The lowest BCUT2D eigenvalue weighted by atomic mass is 10.0. The molecule has 39 heavy (non-hydrogen) atoms. The van der Waals surface area contributed by atoms with Gasteiger partial charge in [0.1, 0.15) is 18.2 Å². The van der Waals surface area contributed by atoms with Gasteiger partial charge in [-0.15, -0.1) is 0 Å². The molecule has 0 aliphatic rings. The van der Waals surface area contributed by atoms with Crippen LogP contribution in [0.4, 0.5) is 4.79 Å². The van der Waals surface area contributed by atoms with Crippen molar-refractivity contribution in [2.45, 2.75) is 105 Å². The maximum Gasteiger partial charge on any atom is 0.508 e. The van der Waals surface area contributed by atoms with Crippen molar-refractivity contribution in [2.24, 2.45) is 11.8 Å². The monoisotopic (exact) mass is 551 g/mol. The number of hydrogen-bond acceptors (Lipinski definition) is 9. The van der Waals surface area contributed by atoms with E-state index >= 15 is 0 Å². The molecular weight excluding hydrogens is 506 g/mol. The van der Waals surface area contributed by atoms with Crippen LogP contribution in [-0.4, -0.2) is 54.0 Å². The van der Waals surface area contributed by atoms with Crippen LogP contribution in [0.1, 0.15) is 86.1 Å². The molecule has 0 aliphatic heterocycles. The number of carboxylic acid groups (broad SMARTS) is 1. The molecule has 0 aliphatic carbocycles. The molecule has 1 aromatic rings. The molecule has 0 amide bonds. The van der Waals surface area contributed by atoms with Gasteiger partial charge in [-0.2, -0.15) is 0 Å². The van der Waals surface area contributed by atoms with Gasteiger partial charge in [-0.05, 0) is 56.2 Å². The number of rotatable bonds is 17. The second-order valence-electron chi connectivity index (χ2n) is 10.2. The second-order valence-corrected chi connectivity index (χ2v) is 10.2. The first-order valence-corrected chi connectivity index (χ1v) is 13.8. The van der Waals surface area contributed by atoms with E-state index in [9.17, 15) is 24.3 Å². The molecule has 0 radical (unpaired) electrons. The van der Waals surface area contributed by atoms with Crippen LogP contribution in [0.5, 0.6) is 11.5 Å². The van der Waals surface area contributed by atoms with Gasteiger partial charge in [0.05, 0.1) is 0 Å². The quantitative estimate of drug-likeness (QED) is 0.194. The van der Waals surface area contributed by atoms with Gasteiger partial charge in [0.15, 0.2) is 11.5 Å². The highest BCUT2D eigenvalue weighted by Gasteiger charge is 2.23. The van der Waals surface area contributed by atoms with Crippen molar-refractivity contribution in [1.29, 1.82) is 0 Å². The van der Waals surface area contributed by atoms with Gasteiger partial charge in [0.25, 0.3) is 0 Å². The molecule has 1 rings (SSSR count). The maximum absolute atomic E-state index is 12.5. The van der Waals surface area contributed by atoms with Crippen LogP contribution in [0.15, 0.2) is 18.2 Å². The third-order valence-electron chi connectivity index (χ3n) is 6.44. The van der Waals surface area contributed by atoms with Gasteiger partial charge in [0, 0.05) is 19.4 Å². The summed E-state index contributed by atoms with van der Waals surface area (Å²) in [4.78, 5) is 48.7. The molecule has 10 nitrogen and oxygen atoms in total. The van der Waals surface area contributed by atoms with E-state index in [2.05, 4.69) is 5.32 Å². The SMILES string of the molecule is CCC(C)CC(=O)Oc1ccc(C[C@H](NCC(C)OC(=O)OC(C)CC)C(=O)O)cc1OC(=O)CC(C)CC. The van der Waals surface area contributed by atoms with Crippen molar-refractivity contribution in [3.05, 3.63) is 23.8 Å². The van der Waals surface area contributed by atoms with Gasteiger partial charge in [-0.1, -0.05) is 53.5 Å². The summed E-state index contributed by atoms with van der Waals surface area (Å²) in [5.41, 5.74) is 0.549. The van der Waals surface area contributed by atoms with Gasteiger partial charge in [-0.3, -0.25) is 14.4 Å². The summed E-state index contributed by atoms with van der Waals surface area (Å²) in [6.07, 6.45) is 0.985. The number of ether oxygens (including phenoxy) is 4. The third kappa shape index (κ3) is 13.5. The fourth-order valence-corrected chi connectivity index (χ4v) is 3.30. The molecular formula is C29H45NO9. The molecule has 4 unspecified atom stereocenters. The Morgan fingerprint density at radius 3 is 1.85 bits per heavy atom. The highest BCUT2D eigenvalue weighted by molar-refractivity contribution is 5.77. The minimum atomic E-state index is -1.11. The number of carbonyl (C=O) groups excluding carboxylic acids is 3. The topological polar surface area (TPSA) is 137 Å². The summed E-state index contributed by atoms with van der Waals surface area (Å²) in [6, 6.07) is 3.62. The zero-order chi connectivity index (χ0) is 29.5. The molecule has 10 heteroatoms. The third-order valence-corrected chi connectivity index (χ3v) is 6.44. The van der Waals surface area contributed by atoms with Crippen LogP contribution in [0.25, 0.3) is 0 Å². The summed E-state index contributed by atoms with van der Waals surface area (Å²) in [7, 11) is 0. The standard InChI is InChI=1S/C29H45NO9/c1-8-18(4)13-26(31)38-24-12-11-22(16-25(24)39-27(32)14-19(5)9-2)15-23(28(33)34)30-17-21(7)37-29(35)36-20(6)10-3/h11-12,16,18-21,23,30H,8-10,13-15,17H2,1-7H3,(H,33,34)/t18?,19?,20?,21?,23-/m0/s1. The summed E-state index contributed by atoms with van der Waals surface area (Å²) in [6.45, 7) is 13.2. The van der Waals surface area contributed by atoms with Gasteiger partial charge >= 0.3 is 24.1 Å². The number of hydrogen-bond donors (Lipinski definition) is 2. The lowest BCUT2D eigenvalue weighted by Crippen LogP contribution is -2.42. The van der Waals surface area contributed by atoms with Gasteiger partial charge in [-0.25, -0.2) is 4.79 Å². The van der Waals surface area contributed by atoms with Crippen molar-refractivity contribution < 1.29 is 43.2 Å². The molecule has 0 spiro atoms. The lowest BCUT2D eigenvalue weighted by molar-refractivity contribution is -0.139. The number of nitrogens with one attached hydrogen (secondary N) is 1. The van der Waals surface area contributed by atoms with E-state index in [1.165, 1.54) is 12.1 Å². The van der Waals surface area contributed by atoms with Crippen molar-refractivity contribution in [3.8, 4) is 11.5 Å². The summed E-state index contributed by atoms with van der Waals surface area (Å²) < 4.78 is 21.3. The van der Waals surface area contributed by atoms with Crippen molar-refractivity contribution >= 4 is 24.1 Å². The highest BCUT2D eigenvalue weighted by atomic mass is 16.7. The van der Waals surface area contributed by atoms with Crippen molar-refractivity contribution in [3.63, 3.8) is 0 Å². The number of carbonyl (C=O) groups is 4. The molecule has 2 N–H and O–H groups in total. The van der Waals surface area contributed by atoms with Crippen LogP contribution >= 0.6 is 0 Å². The highest BCUT2D eigenvalue weighted by Crippen LogP contribution is 2.30. The summed E-state index contributed by atoms with van der Waals surface area (Å²) >= 11 is 0. The predicted octanol–water partition coefficient (Wildman–Crippen LogP) is 5.30. The normalized spacial score (nSPS) is 14.8. The molecule has 5 atom stereocenters. The summed E-state index contributed by atoms with van der Waals surface area (Å²) in [5, 5.41) is 12.6. The molecule has 0 saturated carbocycles. The fourth-order valence-electron chi connectivity index (χ4n) is 3.30. The minimum Gasteiger partial charge on any atom is -0.480 e. The van der Waals surface area contributed by atoms with Crippen LogP contribution < -0.4 is 14.8 Å². The smallest absolute Gasteiger partial charge is 0.480 e. The Kier molecular flexibility index (Phi) is 15.2. The zero-order valence-electron chi connectivity index (χ0n) is 24.3. The van der Waals surface area contributed by atoms with Crippen LogP contribution in [0, 0.1) is 11.8 Å². The Morgan fingerprint density at radius 1 is 0.795 bits per heavy atom. The average Bonchev–Trinajstić information content (AvgIpc) is 2.87. The fraction of sp³-hybridized carbons (Fsp3) is 0.655. The van der Waals surface area contributed by atoms with E-state index < -0.39 is 36.2 Å².